The molecule has 10 nitrogen and oxygen atoms in total. The fourth-order valence-electron chi connectivity index (χ4n) is 3.33. The monoisotopic (exact) mass is 439 g/mol. The molecule has 0 aromatic heterocycles. The van der Waals surface area contributed by atoms with E-state index in [2.05, 4.69) is 5.32 Å². The van der Waals surface area contributed by atoms with Crippen LogP contribution in [0.5, 0.6) is 0 Å². The van der Waals surface area contributed by atoms with Crippen molar-refractivity contribution in [3.8, 4) is 0 Å². The van der Waals surface area contributed by atoms with Gasteiger partial charge in [0.15, 0.2) is 0 Å². The second-order valence-electron chi connectivity index (χ2n) is 7.73. The third-order valence-corrected chi connectivity index (χ3v) is 7.45. The Bertz CT molecular complexity index is 935. The zero-order valence-corrected chi connectivity index (χ0v) is 17.5. The standard InChI is InChI=1S/C19H25N3O7S/c1-13-2-5-16(22(25)26)10-17(13)30(27,28)21-8-6-15(7-9-21)19(24)20-11-18(23)29-12-14-3-4-14/h2,5,10,14-15H,3-4,6-9,11-12H2,1H3,(H,20,24). The van der Waals surface area contributed by atoms with Crippen LogP contribution in [0.1, 0.15) is 31.2 Å². The number of ether oxygens (including phenoxy) is 1. The Hall–Kier alpha value is -2.53. The fourth-order valence-corrected chi connectivity index (χ4v) is 5.04. The molecule has 0 bridgehead atoms. The summed E-state index contributed by atoms with van der Waals surface area (Å²) in [7, 11) is -3.91. The Kier molecular flexibility index (Phi) is 6.71. The summed E-state index contributed by atoms with van der Waals surface area (Å²) in [5.41, 5.74) is 0.132. The van der Waals surface area contributed by atoms with Crippen LogP contribution in [-0.4, -0.2) is 55.8 Å². The van der Waals surface area contributed by atoms with Crippen LogP contribution in [0.25, 0.3) is 0 Å². The molecule has 1 aliphatic carbocycles. The minimum atomic E-state index is -3.91. The van der Waals surface area contributed by atoms with Crippen LogP contribution >= 0.6 is 0 Å². The molecule has 1 aromatic carbocycles. The van der Waals surface area contributed by atoms with Crippen LogP contribution in [-0.2, 0) is 24.3 Å². The highest BCUT2D eigenvalue weighted by Crippen LogP contribution is 2.29. The molecular weight excluding hydrogens is 414 g/mol. The lowest BCUT2D eigenvalue weighted by molar-refractivity contribution is -0.385. The van der Waals surface area contributed by atoms with Crippen LogP contribution in [0.4, 0.5) is 5.69 Å². The highest BCUT2D eigenvalue weighted by Gasteiger charge is 2.33. The molecule has 2 aliphatic rings. The van der Waals surface area contributed by atoms with Gasteiger partial charge < -0.3 is 10.1 Å². The molecule has 0 atom stereocenters. The molecule has 0 unspecified atom stereocenters. The Morgan fingerprint density at radius 2 is 1.90 bits per heavy atom. The lowest BCUT2D eigenvalue weighted by Gasteiger charge is -2.30. The van der Waals surface area contributed by atoms with Gasteiger partial charge in [0, 0.05) is 31.1 Å². The molecule has 1 saturated heterocycles. The summed E-state index contributed by atoms with van der Waals surface area (Å²) in [6.07, 6.45) is 2.74. The average Bonchev–Trinajstić information content (AvgIpc) is 3.55. The molecule has 0 spiro atoms. The van der Waals surface area contributed by atoms with Crippen LogP contribution in [0, 0.1) is 28.9 Å². The molecule has 2 fully saturated rings. The quantitative estimate of drug-likeness (QED) is 0.367. The molecule has 1 N–H and O–H groups in total. The first-order valence-electron chi connectivity index (χ1n) is 9.87. The Labute approximate surface area is 174 Å². The van der Waals surface area contributed by atoms with Crippen molar-refractivity contribution in [3.05, 3.63) is 33.9 Å². The number of non-ortho nitro benzene ring substituents is 1. The number of piperidine rings is 1. The topological polar surface area (TPSA) is 136 Å². The van der Waals surface area contributed by atoms with Crippen molar-refractivity contribution in [1.82, 2.24) is 9.62 Å². The molecule has 11 heteroatoms. The maximum absolute atomic E-state index is 12.9. The molecule has 3 rings (SSSR count). The molecule has 1 aliphatic heterocycles. The number of esters is 1. The summed E-state index contributed by atoms with van der Waals surface area (Å²) in [6, 6.07) is 3.74. The van der Waals surface area contributed by atoms with Crippen LogP contribution < -0.4 is 5.32 Å². The van der Waals surface area contributed by atoms with Gasteiger partial charge in [-0.3, -0.25) is 19.7 Å². The first kappa shape index (κ1) is 22.2. The van der Waals surface area contributed by atoms with Gasteiger partial charge in [-0.25, -0.2) is 8.42 Å². The summed E-state index contributed by atoms with van der Waals surface area (Å²) in [6.45, 7) is 2.02. The van der Waals surface area contributed by atoms with Gasteiger partial charge in [-0.1, -0.05) is 6.07 Å². The molecule has 30 heavy (non-hydrogen) atoms. The zero-order chi connectivity index (χ0) is 21.9. The van der Waals surface area contributed by atoms with E-state index in [9.17, 15) is 28.1 Å². The van der Waals surface area contributed by atoms with E-state index < -0.39 is 26.8 Å². The van der Waals surface area contributed by atoms with Crippen molar-refractivity contribution in [2.75, 3.05) is 26.2 Å². The van der Waals surface area contributed by atoms with E-state index >= 15 is 0 Å². The van der Waals surface area contributed by atoms with Gasteiger partial charge in [0.25, 0.3) is 5.69 Å². The predicted octanol–water partition coefficient (Wildman–Crippen LogP) is 1.37. The number of carbonyl (C=O) groups is 2. The Balaban J connectivity index is 1.54. The third-order valence-electron chi connectivity index (χ3n) is 5.41. The zero-order valence-electron chi connectivity index (χ0n) is 16.7. The lowest BCUT2D eigenvalue weighted by Crippen LogP contribution is -2.44. The van der Waals surface area contributed by atoms with E-state index in [0.717, 1.165) is 18.9 Å². The molecular formula is C19H25N3O7S. The molecule has 1 aromatic rings. The highest BCUT2D eigenvalue weighted by molar-refractivity contribution is 7.89. The second kappa shape index (κ2) is 9.09. The number of nitrogens with zero attached hydrogens (tertiary/aromatic N) is 2. The Morgan fingerprint density at radius 1 is 1.23 bits per heavy atom. The van der Waals surface area contributed by atoms with E-state index in [1.807, 2.05) is 0 Å². The largest absolute Gasteiger partial charge is 0.464 e. The van der Waals surface area contributed by atoms with E-state index in [4.69, 9.17) is 4.74 Å². The summed E-state index contributed by atoms with van der Waals surface area (Å²) < 4.78 is 32.2. The van der Waals surface area contributed by atoms with Gasteiger partial charge in [-0.05, 0) is 44.1 Å². The summed E-state index contributed by atoms with van der Waals surface area (Å²) in [5, 5.41) is 13.5. The Morgan fingerprint density at radius 3 is 2.50 bits per heavy atom. The van der Waals surface area contributed by atoms with E-state index in [-0.39, 0.29) is 36.1 Å². The van der Waals surface area contributed by atoms with Crippen molar-refractivity contribution >= 4 is 27.6 Å². The van der Waals surface area contributed by atoms with Gasteiger partial charge in [0.05, 0.1) is 16.4 Å². The first-order chi connectivity index (χ1) is 14.2. The second-order valence-corrected chi connectivity index (χ2v) is 9.64. The third kappa shape index (κ3) is 5.33. The van der Waals surface area contributed by atoms with E-state index in [1.54, 1.807) is 6.92 Å². The number of nitro groups is 1. The number of nitro benzene ring substituents is 1. The van der Waals surface area contributed by atoms with Gasteiger partial charge in [-0.2, -0.15) is 4.31 Å². The summed E-state index contributed by atoms with van der Waals surface area (Å²) in [4.78, 5) is 34.2. The van der Waals surface area contributed by atoms with Crippen molar-refractivity contribution in [2.45, 2.75) is 37.5 Å². The van der Waals surface area contributed by atoms with Crippen molar-refractivity contribution in [1.29, 1.82) is 0 Å². The van der Waals surface area contributed by atoms with Crippen LogP contribution in [0.15, 0.2) is 23.1 Å². The van der Waals surface area contributed by atoms with E-state index in [0.29, 0.717) is 30.9 Å². The summed E-state index contributed by atoms with van der Waals surface area (Å²) in [5.74, 6) is -0.733. The number of nitrogens with one attached hydrogen (secondary N) is 1. The molecule has 164 valence electrons. The van der Waals surface area contributed by atoms with Crippen LogP contribution in [0.3, 0.4) is 0 Å². The number of hydrogen-bond donors (Lipinski definition) is 1. The maximum atomic E-state index is 12.9. The van der Waals surface area contributed by atoms with Gasteiger partial charge in [-0.15, -0.1) is 0 Å². The summed E-state index contributed by atoms with van der Waals surface area (Å²) >= 11 is 0. The number of rotatable bonds is 8. The maximum Gasteiger partial charge on any atom is 0.325 e. The van der Waals surface area contributed by atoms with E-state index in [1.165, 1.54) is 16.4 Å². The highest BCUT2D eigenvalue weighted by atomic mass is 32.2. The lowest BCUT2D eigenvalue weighted by atomic mass is 9.97. The van der Waals surface area contributed by atoms with Crippen molar-refractivity contribution in [3.63, 3.8) is 0 Å². The molecule has 1 saturated carbocycles. The minimum absolute atomic E-state index is 0.0991. The average molecular weight is 439 g/mol. The molecule has 1 amide bonds. The molecule has 0 radical (unpaired) electrons. The SMILES string of the molecule is Cc1ccc([N+](=O)[O-])cc1S(=O)(=O)N1CCC(C(=O)NCC(=O)OCC2CC2)CC1. The van der Waals surface area contributed by atoms with Gasteiger partial charge in [0.2, 0.25) is 15.9 Å². The fraction of sp³-hybridized carbons (Fsp3) is 0.579. The van der Waals surface area contributed by atoms with Crippen molar-refractivity contribution < 1.29 is 27.7 Å². The first-order valence-corrected chi connectivity index (χ1v) is 11.3. The van der Waals surface area contributed by atoms with Gasteiger partial charge in [0.1, 0.15) is 6.54 Å². The van der Waals surface area contributed by atoms with Crippen molar-refractivity contribution in [2.24, 2.45) is 11.8 Å². The number of benzene rings is 1. The number of hydrogen-bond acceptors (Lipinski definition) is 7. The normalized spacial score (nSPS) is 18.0. The smallest absolute Gasteiger partial charge is 0.325 e. The predicted molar refractivity (Wildman–Crippen MR) is 106 cm³/mol. The number of amides is 1. The number of sulfonamides is 1. The molecule has 1 heterocycles. The van der Waals surface area contributed by atoms with Crippen LogP contribution in [0.2, 0.25) is 0 Å². The van der Waals surface area contributed by atoms with Gasteiger partial charge >= 0.3 is 5.97 Å². The minimum Gasteiger partial charge on any atom is -0.464 e. The number of carbonyl (C=O) groups excluding carboxylic acids is 2. The number of aryl methyl sites for hydroxylation is 1.